The minimum absolute atomic E-state index is 0.280. The van der Waals surface area contributed by atoms with Gasteiger partial charge in [0.2, 0.25) is 0 Å². The second kappa shape index (κ2) is 4.27. The Balaban J connectivity index is 1.89. The van der Waals surface area contributed by atoms with E-state index in [0.29, 0.717) is 18.8 Å². The van der Waals surface area contributed by atoms with Crippen molar-refractivity contribution in [2.24, 2.45) is 5.92 Å². The lowest BCUT2D eigenvalue weighted by atomic mass is 10.0. The lowest BCUT2D eigenvalue weighted by molar-refractivity contribution is 0.142. The van der Waals surface area contributed by atoms with Crippen LogP contribution in [0.3, 0.4) is 0 Å². The van der Waals surface area contributed by atoms with E-state index in [2.05, 4.69) is 0 Å². The van der Waals surface area contributed by atoms with E-state index in [4.69, 9.17) is 0 Å². The largest absolute Gasteiger partial charge is 0.393 e. The van der Waals surface area contributed by atoms with Gasteiger partial charge >= 0.3 is 0 Å². The molecule has 3 heteroatoms. The van der Waals surface area contributed by atoms with Crippen LogP contribution >= 0.6 is 0 Å². The molecule has 0 heterocycles. The van der Waals surface area contributed by atoms with E-state index in [-0.39, 0.29) is 6.10 Å². The summed E-state index contributed by atoms with van der Waals surface area (Å²) >= 11 is 0. The van der Waals surface area contributed by atoms with E-state index in [1.165, 1.54) is 6.07 Å². The zero-order chi connectivity index (χ0) is 10.8. The van der Waals surface area contributed by atoms with Crippen LogP contribution in [-0.2, 0) is 6.42 Å². The number of hydrogen-bond acceptors (Lipinski definition) is 1. The predicted octanol–water partition coefficient (Wildman–Crippen LogP) is 2.67. The third-order valence-electron chi connectivity index (χ3n) is 2.88. The third-order valence-corrected chi connectivity index (χ3v) is 2.88. The highest BCUT2D eigenvalue weighted by Crippen LogP contribution is 2.34. The summed E-state index contributed by atoms with van der Waals surface area (Å²) in [6.45, 7) is 0. The van der Waals surface area contributed by atoms with Gasteiger partial charge in [0.25, 0.3) is 0 Å². The molecule has 82 valence electrons. The molecule has 1 fully saturated rings. The van der Waals surface area contributed by atoms with Crippen LogP contribution in [0.5, 0.6) is 0 Å². The maximum Gasteiger partial charge on any atom is 0.159 e. The van der Waals surface area contributed by atoms with Crippen molar-refractivity contribution in [2.75, 3.05) is 0 Å². The van der Waals surface area contributed by atoms with Crippen molar-refractivity contribution in [1.29, 1.82) is 0 Å². The summed E-state index contributed by atoms with van der Waals surface area (Å²) < 4.78 is 25.4. The Bertz CT molecular complexity index is 347. The van der Waals surface area contributed by atoms with Gasteiger partial charge in [-0.15, -0.1) is 0 Å². The molecular formula is C12H14F2O. The van der Waals surface area contributed by atoms with Gasteiger partial charge in [0, 0.05) is 0 Å². The molecule has 0 saturated heterocycles. The van der Waals surface area contributed by atoms with E-state index < -0.39 is 11.6 Å². The molecule has 1 aliphatic rings. The van der Waals surface area contributed by atoms with Gasteiger partial charge in [-0.3, -0.25) is 0 Å². The molecule has 1 atom stereocenters. The van der Waals surface area contributed by atoms with Crippen LogP contribution in [0.15, 0.2) is 18.2 Å². The molecule has 0 amide bonds. The van der Waals surface area contributed by atoms with Gasteiger partial charge in [0.05, 0.1) is 6.10 Å². The van der Waals surface area contributed by atoms with Gasteiger partial charge < -0.3 is 5.11 Å². The molecule has 1 N–H and O–H groups in total. The topological polar surface area (TPSA) is 20.2 Å². The minimum atomic E-state index is -0.818. The van der Waals surface area contributed by atoms with Crippen LogP contribution < -0.4 is 0 Å². The van der Waals surface area contributed by atoms with E-state index >= 15 is 0 Å². The summed E-state index contributed by atoms with van der Waals surface area (Å²) in [5, 5.41) is 9.61. The van der Waals surface area contributed by atoms with Crippen molar-refractivity contribution in [3.05, 3.63) is 35.4 Å². The highest BCUT2D eigenvalue weighted by atomic mass is 19.2. The summed E-state index contributed by atoms with van der Waals surface area (Å²) in [6.07, 6.45) is 3.15. The first-order chi connectivity index (χ1) is 7.16. The van der Waals surface area contributed by atoms with Crippen LogP contribution in [0.4, 0.5) is 8.78 Å². The smallest absolute Gasteiger partial charge is 0.159 e. The average Bonchev–Trinajstić information content (AvgIpc) is 3.03. The van der Waals surface area contributed by atoms with Crippen LogP contribution in [0.1, 0.15) is 24.8 Å². The number of hydrogen-bond donors (Lipinski definition) is 1. The Morgan fingerprint density at radius 3 is 2.60 bits per heavy atom. The molecule has 0 radical (unpaired) electrons. The van der Waals surface area contributed by atoms with Gasteiger partial charge in [-0.2, -0.15) is 0 Å². The zero-order valence-electron chi connectivity index (χ0n) is 8.42. The predicted molar refractivity (Wildman–Crippen MR) is 53.4 cm³/mol. The quantitative estimate of drug-likeness (QED) is 0.813. The SMILES string of the molecule is OC(CCc1ccc(F)c(F)c1)C1CC1. The van der Waals surface area contributed by atoms with E-state index in [1.807, 2.05) is 0 Å². The molecule has 0 aliphatic heterocycles. The van der Waals surface area contributed by atoms with Crippen LogP contribution in [0.25, 0.3) is 0 Å². The van der Waals surface area contributed by atoms with Crippen LogP contribution in [-0.4, -0.2) is 11.2 Å². The molecule has 2 rings (SSSR count). The van der Waals surface area contributed by atoms with Crippen LogP contribution in [0.2, 0.25) is 0 Å². The lowest BCUT2D eigenvalue weighted by Gasteiger charge is -2.08. The highest BCUT2D eigenvalue weighted by Gasteiger charge is 2.29. The van der Waals surface area contributed by atoms with E-state index in [0.717, 1.165) is 24.5 Å². The van der Waals surface area contributed by atoms with Crippen LogP contribution in [0, 0.1) is 17.6 Å². The van der Waals surface area contributed by atoms with Crippen molar-refractivity contribution in [2.45, 2.75) is 31.8 Å². The number of aliphatic hydroxyl groups excluding tert-OH is 1. The van der Waals surface area contributed by atoms with Crippen molar-refractivity contribution in [3.63, 3.8) is 0 Å². The average molecular weight is 212 g/mol. The first kappa shape index (κ1) is 10.6. The van der Waals surface area contributed by atoms with Gasteiger partial charge in [-0.1, -0.05) is 6.07 Å². The van der Waals surface area contributed by atoms with E-state index in [9.17, 15) is 13.9 Å². The standard InChI is InChI=1S/C12H14F2O/c13-10-5-1-8(7-11(10)14)2-6-12(15)9-3-4-9/h1,5,7,9,12,15H,2-4,6H2. The molecule has 0 spiro atoms. The molecule has 1 aliphatic carbocycles. The van der Waals surface area contributed by atoms with Gasteiger partial charge in [-0.25, -0.2) is 8.78 Å². The zero-order valence-corrected chi connectivity index (χ0v) is 8.42. The molecule has 0 aromatic heterocycles. The Hall–Kier alpha value is -0.960. The fourth-order valence-corrected chi connectivity index (χ4v) is 1.73. The molecular weight excluding hydrogens is 198 g/mol. The molecule has 1 unspecified atom stereocenters. The summed E-state index contributed by atoms with van der Waals surface area (Å²) in [7, 11) is 0. The second-order valence-corrected chi connectivity index (χ2v) is 4.19. The Labute approximate surface area is 87.7 Å². The molecule has 1 saturated carbocycles. The lowest BCUT2D eigenvalue weighted by Crippen LogP contribution is -2.10. The maximum atomic E-state index is 12.8. The van der Waals surface area contributed by atoms with Crippen molar-refractivity contribution < 1.29 is 13.9 Å². The molecule has 0 bridgehead atoms. The van der Waals surface area contributed by atoms with Crippen molar-refractivity contribution in [1.82, 2.24) is 0 Å². The molecule has 1 aromatic rings. The Morgan fingerprint density at radius 2 is 2.00 bits per heavy atom. The number of benzene rings is 1. The van der Waals surface area contributed by atoms with Crippen molar-refractivity contribution in [3.8, 4) is 0 Å². The highest BCUT2D eigenvalue weighted by molar-refractivity contribution is 5.18. The summed E-state index contributed by atoms with van der Waals surface area (Å²) in [5.41, 5.74) is 0.744. The Kier molecular flexibility index (Phi) is 3.00. The Morgan fingerprint density at radius 1 is 1.27 bits per heavy atom. The molecule has 15 heavy (non-hydrogen) atoms. The van der Waals surface area contributed by atoms with Gasteiger partial charge in [0.15, 0.2) is 11.6 Å². The summed E-state index contributed by atoms with van der Waals surface area (Å²) in [4.78, 5) is 0. The first-order valence-corrected chi connectivity index (χ1v) is 5.29. The van der Waals surface area contributed by atoms with E-state index in [1.54, 1.807) is 6.07 Å². The fraction of sp³-hybridized carbons (Fsp3) is 0.500. The number of halogens is 2. The molecule has 1 nitrogen and oxygen atoms in total. The normalized spacial score (nSPS) is 17.8. The van der Waals surface area contributed by atoms with Crippen molar-refractivity contribution >= 4 is 0 Å². The monoisotopic (exact) mass is 212 g/mol. The number of rotatable bonds is 4. The number of aryl methyl sites for hydroxylation is 1. The minimum Gasteiger partial charge on any atom is -0.393 e. The number of aliphatic hydroxyl groups is 1. The van der Waals surface area contributed by atoms with Gasteiger partial charge in [0.1, 0.15) is 0 Å². The fourth-order valence-electron chi connectivity index (χ4n) is 1.73. The third kappa shape index (κ3) is 2.75. The summed E-state index contributed by atoms with van der Waals surface area (Å²) in [5.74, 6) is -1.19. The summed E-state index contributed by atoms with van der Waals surface area (Å²) in [6, 6.07) is 3.90. The first-order valence-electron chi connectivity index (χ1n) is 5.29. The maximum absolute atomic E-state index is 12.8. The van der Waals surface area contributed by atoms with Gasteiger partial charge in [-0.05, 0) is 49.3 Å². The second-order valence-electron chi connectivity index (χ2n) is 4.19. The molecule has 1 aromatic carbocycles.